The minimum atomic E-state index is -3.74. The molecule has 3 atom stereocenters. The zero-order valence-electron chi connectivity index (χ0n) is 17.0. The summed E-state index contributed by atoms with van der Waals surface area (Å²) < 4.78 is 34.4. The molecule has 0 bridgehead atoms. The van der Waals surface area contributed by atoms with E-state index in [2.05, 4.69) is 10.0 Å². The van der Waals surface area contributed by atoms with Gasteiger partial charge in [-0.2, -0.15) is 17.0 Å². The molecule has 8 heteroatoms. The lowest BCUT2D eigenvalue weighted by Crippen LogP contribution is -2.70. The average Bonchev–Trinajstić information content (AvgIpc) is 2.72. The van der Waals surface area contributed by atoms with Crippen molar-refractivity contribution < 1.29 is 17.9 Å². The summed E-state index contributed by atoms with van der Waals surface area (Å²) in [6, 6.07) is 16.2. The molecule has 29 heavy (non-hydrogen) atoms. The number of rotatable bonds is 6. The topological polar surface area (TPSA) is 84.5 Å². The SMILES string of the molecule is COC(=O)c1ccc(CNS(=O)(=O)[N+]2(c3ccccc3)C[C@@H](C)N[C@@H](C)C2)cc1. The third-order valence-corrected chi connectivity index (χ3v) is 7.17. The van der Waals surface area contributed by atoms with E-state index in [4.69, 9.17) is 4.74 Å². The normalized spacial score (nSPS) is 24.8. The van der Waals surface area contributed by atoms with Crippen LogP contribution in [0.1, 0.15) is 29.8 Å². The Morgan fingerprint density at radius 3 is 2.21 bits per heavy atom. The van der Waals surface area contributed by atoms with E-state index >= 15 is 0 Å². The van der Waals surface area contributed by atoms with E-state index in [0.717, 1.165) is 11.3 Å². The van der Waals surface area contributed by atoms with Gasteiger partial charge >= 0.3 is 16.2 Å². The lowest BCUT2D eigenvalue weighted by molar-refractivity contribution is 0.0600. The van der Waals surface area contributed by atoms with E-state index in [1.54, 1.807) is 24.3 Å². The van der Waals surface area contributed by atoms with Gasteiger partial charge in [0.2, 0.25) is 0 Å². The Morgan fingerprint density at radius 2 is 1.66 bits per heavy atom. The summed E-state index contributed by atoms with van der Waals surface area (Å²) in [6.45, 7) is 5.03. The van der Waals surface area contributed by atoms with Crippen molar-refractivity contribution in [2.45, 2.75) is 32.5 Å². The molecule has 1 aliphatic rings. The second-order valence-electron chi connectivity index (χ2n) is 7.54. The summed E-state index contributed by atoms with van der Waals surface area (Å²) in [4.78, 5) is 11.6. The second kappa shape index (κ2) is 8.62. The van der Waals surface area contributed by atoms with Gasteiger partial charge in [-0.3, -0.25) is 0 Å². The van der Waals surface area contributed by atoms with Crippen molar-refractivity contribution in [1.82, 2.24) is 13.9 Å². The van der Waals surface area contributed by atoms with Crippen LogP contribution < -0.4 is 13.9 Å². The Balaban J connectivity index is 1.87. The molecule has 2 aromatic carbocycles. The number of carbonyl (C=O) groups is 1. The summed E-state index contributed by atoms with van der Waals surface area (Å²) >= 11 is 0. The maximum absolute atomic E-state index is 13.6. The number of quaternary nitrogens is 1. The number of hydrogen-bond acceptors (Lipinski definition) is 5. The fourth-order valence-electron chi connectivity index (χ4n) is 3.97. The van der Waals surface area contributed by atoms with Crippen LogP contribution in [0.5, 0.6) is 0 Å². The highest BCUT2D eigenvalue weighted by Gasteiger charge is 2.49. The van der Waals surface area contributed by atoms with Crippen LogP contribution in [0.2, 0.25) is 0 Å². The first-order chi connectivity index (χ1) is 13.8. The predicted molar refractivity (Wildman–Crippen MR) is 114 cm³/mol. The van der Waals surface area contributed by atoms with Crippen LogP contribution in [-0.2, 0) is 21.5 Å². The molecule has 1 aliphatic heterocycles. The lowest BCUT2D eigenvalue weighted by atomic mass is 10.1. The van der Waals surface area contributed by atoms with Crippen LogP contribution in [0.15, 0.2) is 54.6 Å². The molecule has 2 aromatic rings. The molecule has 2 N–H and O–H groups in total. The predicted octanol–water partition coefficient (Wildman–Crippen LogP) is 2.20. The number of hydrogen-bond donors (Lipinski definition) is 2. The largest absolute Gasteiger partial charge is 0.465 e. The van der Waals surface area contributed by atoms with Gasteiger partial charge in [0.05, 0.1) is 24.8 Å². The maximum atomic E-state index is 13.6. The summed E-state index contributed by atoms with van der Waals surface area (Å²) in [5.41, 5.74) is 1.95. The molecule has 1 unspecified atom stereocenters. The quantitative estimate of drug-likeness (QED) is 0.555. The summed E-state index contributed by atoms with van der Waals surface area (Å²) in [5, 5.41) is 3.42. The Kier molecular flexibility index (Phi) is 6.38. The smallest absolute Gasteiger partial charge is 0.375 e. The van der Waals surface area contributed by atoms with Crippen molar-refractivity contribution in [1.29, 1.82) is 0 Å². The first-order valence-electron chi connectivity index (χ1n) is 9.63. The Bertz CT molecular complexity index is 936. The van der Waals surface area contributed by atoms with Gasteiger partial charge in [-0.25, -0.2) is 4.79 Å². The minimum Gasteiger partial charge on any atom is -0.465 e. The van der Waals surface area contributed by atoms with Gasteiger partial charge in [0, 0.05) is 18.7 Å². The molecule has 0 saturated carbocycles. The van der Waals surface area contributed by atoms with E-state index < -0.39 is 16.2 Å². The number of benzene rings is 2. The second-order valence-corrected chi connectivity index (χ2v) is 9.48. The number of piperazine rings is 1. The number of carbonyl (C=O) groups excluding carboxylic acids is 1. The molecular weight excluding hydrogens is 390 g/mol. The molecule has 0 spiro atoms. The molecule has 1 fully saturated rings. The molecule has 1 heterocycles. The Morgan fingerprint density at radius 1 is 1.07 bits per heavy atom. The third kappa shape index (κ3) is 4.51. The summed E-state index contributed by atoms with van der Waals surface area (Å²) in [6.07, 6.45) is 0. The van der Waals surface area contributed by atoms with Crippen molar-refractivity contribution >= 4 is 21.9 Å². The molecule has 1 saturated heterocycles. The molecule has 7 nitrogen and oxygen atoms in total. The van der Waals surface area contributed by atoms with Crippen LogP contribution in [0.4, 0.5) is 5.69 Å². The number of nitrogens with zero attached hydrogens (tertiary/aromatic N) is 1. The Labute approximate surface area is 172 Å². The van der Waals surface area contributed by atoms with Gasteiger partial charge in [-0.15, -0.1) is 0 Å². The van der Waals surface area contributed by atoms with Crippen LogP contribution in [-0.4, -0.2) is 46.7 Å². The van der Waals surface area contributed by atoms with Gasteiger partial charge in [0.1, 0.15) is 18.8 Å². The molecule has 0 aliphatic carbocycles. The van der Waals surface area contributed by atoms with Crippen molar-refractivity contribution in [2.75, 3.05) is 20.2 Å². The van der Waals surface area contributed by atoms with Crippen molar-refractivity contribution in [3.8, 4) is 0 Å². The van der Waals surface area contributed by atoms with E-state index in [1.165, 1.54) is 7.11 Å². The van der Waals surface area contributed by atoms with Gasteiger partial charge in [-0.1, -0.05) is 30.3 Å². The lowest BCUT2D eigenvalue weighted by Gasteiger charge is -2.44. The molecular formula is C21H28N3O4S+. The van der Waals surface area contributed by atoms with Crippen molar-refractivity contribution in [3.63, 3.8) is 0 Å². The number of methoxy groups -OCH3 is 1. The standard InChI is InChI=1S/C21H28N3O4S/c1-16-14-24(15-17(2)23-16,20-7-5-4-6-8-20)29(26,27)22-13-18-9-11-19(12-10-18)21(25)28-3/h4-12,16-17,22-23H,13-15H2,1-3H3/q+1/t16-,17+,24?. The van der Waals surface area contributed by atoms with E-state index in [1.807, 2.05) is 44.2 Å². The summed E-state index contributed by atoms with van der Waals surface area (Å²) in [5.74, 6) is -0.422. The number of esters is 1. The average molecular weight is 419 g/mol. The fourth-order valence-corrected chi connectivity index (χ4v) is 5.81. The van der Waals surface area contributed by atoms with Crippen LogP contribution >= 0.6 is 0 Å². The summed E-state index contributed by atoms with van der Waals surface area (Å²) in [7, 11) is -2.41. The highest BCUT2D eigenvalue weighted by Crippen LogP contribution is 2.30. The molecule has 3 rings (SSSR count). The number of ether oxygens (including phenoxy) is 1. The fraction of sp³-hybridized carbons (Fsp3) is 0.381. The third-order valence-electron chi connectivity index (χ3n) is 5.23. The van der Waals surface area contributed by atoms with E-state index in [0.29, 0.717) is 18.7 Å². The van der Waals surface area contributed by atoms with Gasteiger partial charge in [0.25, 0.3) is 0 Å². The monoisotopic (exact) mass is 418 g/mol. The van der Waals surface area contributed by atoms with Crippen LogP contribution in [0.25, 0.3) is 0 Å². The number of nitrogens with one attached hydrogen (secondary N) is 2. The van der Waals surface area contributed by atoms with Crippen molar-refractivity contribution in [3.05, 3.63) is 65.7 Å². The minimum absolute atomic E-state index is 0.0508. The first-order valence-corrected chi connectivity index (χ1v) is 11.1. The van der Waals surface area contributed by atoms with Crippen LogP contribution in [0, 0.1) is 0 Å². The van der Waals surface area contributed by atoms with E-state index in [9.17, 15) is 13.2 Å². The molecule has 156 valence electrons. The molecule has 0 aromatic heterocycles. The Hall–Kier alpha value is -2.26. The number of para-hydroxylation sites is 1. The van der Waals surface area contributed by atoms with Gasteiger partial charge < -0.3 is 10.1 Å². The zero-order valence-corrected chi connectivity index (χ0v) is 17.8. The van der Waals surface area contributed by atoms with Crippen LogP contribution in [0.3, 0.4) is 0 Å². The van der Waals surface area contributed by atoms with Gasteiger partial charge in [-0.05, 0) is 31.5 Å². The maximum Gasteiger partial charge on any atom is 0.375 e. The molecule has 0 radical (unpaired) electrons. The molecule has 0 amide bonds. The highest BCUT2D eigenvalue weighted by atomic mass is 32.2. The van der Waals surface area contributed by atoms with Gasteiger partial charge in [0.15, 0.2) is 0 Å². The van der Waals surface area contributed by atoms with E-state index in [-0.39, 0.29) is 22.5 Å². The zero-order chi connectivity index (χ0) is 21.1. The van der Waals surface area contributed by atoms with Crippen molar-refractivity contribution in [2.24, 2.45) is 0 Å². The highest BCUT2D eigenvalue weighted by molar-refractivity contribution is 7.89. The first kappa shape index (κ1) is 21.4.